The van der Waals surface area contributed by atoms with Crippen LogP contribution in [0.3, 0.4) is 0 Å². The second-order valence-corrected chi connectivity index (χ2v) is 13.1. The summed E-state index contributed by atoms with van der Waals surface area (Å²) in [6.07, 6.45) is 0. The molecule has 0 aliphatic rings. The molecule has 0 bridgehead atoms. The third kappa shape index (κ3) is 5.99. The van der Waals surface area contributed by atoms with Gasteiger partial charge in [-0.3, -0.25) is 0 Å². The average Bonchev–Trinajstić information content (AvgIpc) is 3.20. The van der Waals surface area contributed by atoms with Crippen LogP contribution in [0.2, 0.25) is 0 Å². The van der Waals surface area contributed by atoms with Crippen molar-refractivity contribution in [3.63, 3.8) is 0 Å². The normalized spacial score (nSPS) is 11.3. The van der Waals surface area contributed by atoms with Crippen molar-refractivity contribution in [3.8, 4) is 67.7 Å². The van der Waals surface area contributed by atoms with Gasteiger partial charge in [0.25, 0.3) is 0 Å². The molecule has 2 aromatic heterocycles. The minimum atomic E-state index is 0.610. The van der Waals surface area contributed by atoms with E-state index in [2.05, 4.69) is 102 Å². The van der Waals surface area contributed by atoms with Crippen molar-refractivity contribution in [2.24, 2.45) is 0 Å². The van der Waals surface area contributed by atoms with Crippen LogP contribution in [0.15, 0.2) is 164 Å². The lowest BCUT2D eigenvalue weighted by molar-refractivity contribution is 1.02. The van der Waals surface area contributed by atoms with E-state index in [4.69, 9.17) is 19.9 Å². The van der Waals surface area contributed by atoms with Gasteiger partial charge in [-0.05, 0) is 94.0 Å². The predicted octanol–water partition coefficient (Wildman–Crippen LogP) is 11.6. The van der Waals surface area contributed by atoms with Gasteiger partial charge in [0.1, 0.15) is 5.82 Å². The maximum Gasteiger partial charge on any atom is 0.164 e. The molecule has 2 heterocycles. The molecule has 246 valence electrons. The van der Waals surface area contributed by atoms with E-state index in [9.17, 15) is 0 Å². The first kappa shape index (κ1) is 31.2. The zero-order chi connectivity index (χ0) is 35.0. The molecule has 7 aromatic carbocycles. The van der Waals surface area contributed by atoms with Gasteiger partial charge in [-0.2, -0.15) is 0 Å². The fourth-order valence-corrected chi connectivity index (χ4v) is 7.05. The van der Waals surface area contributed by atoms with Crippen LogP contribution in [0.25, 0.3) is 89.2 Å². The Hall–Kier alpha value is -6.85. The van der Waals surface area contributed by atoms with Crippen LogP contribution in [0.1, 0.15) is 11.5 Å². The highest BCUT2D eigenvalue weighted by Gasteiger charge is 2.17. The smallest absolute Gasteiger partial charge is 0.164 e. The molecular weight excluding hydrogens is 635 g/mol. The summed E-state index contributed by atoms with van der Waals surface area (Å²) in [7, 11) is 0. The minimum Gasteiger partial charge on any atom is -0.239 e. The number of aryl methyl sites for hydroxylation is 2. The van der Waals surface area contributed by atoms with Crippen LogP contribution in [-0.2, 0) is 0 Å². The quantitative estimate of drug-likeness (QED) is 0.165. The Morgan fingerprint density at radius 3 is 1.42 bits per heavy atom. The Bertz CT molecular complexity index is 2630. The average molecular weight is 668 g/mol. The third-order valence-corrected chi connectivity index (χ3v) is 9.41. The van der Waals surface area contributed by atoms with E-state index in [1.165, 1.54) is 27.1 Å². The van der Waals surface area contributed by atoms with E-state index in [-0.39, 0.29) is 0 Å². The first-order chi connectivity index (χ1) is 25.6. The van der Waals surface area contributed by atoms with Crippen LogP contribution in [0.4, 0.5) is 0 Å². The van der Waals surface area contributed by atoms with Crippen molar-refractivity contribution in [2.75, 3.05) is 0 Å². The molecule has 0 unspecified atom stereocenters. The topological polar surface area (TPSA) is 64.5 Å². The number of fused-ring (bicyclic) bond motifs is 2. The fourth-order valence-electron chi connectivity index (χ4n) is 7.05. The van der Waals surface area contributed by atoms with Crippen LogP contribution in [-0.4, -0.2) is 24.9 Å². The standard InChI is InChI=1S/C47H33N5/c1-30-24-43(49-31(2)48-30)37-21-13-20-34(25-37)38-27-39(44-41-22-11-9-18-35(41)26-36-19-10-12-23-42(36)44)29-40(28-38)47-51-45(32-14-5-3-6-15-32)50-46(52-47)33-16-7-4-8-17-33/h3-29H,1-2H3. The summed E-state index contributed by atoms with van der Waals surface area (Å²) in [6, 6.07) is 57.1. The Morgan fingerprint density at radius 2 is 0.808 bits per heavy atom. The highest BCUT2D eigenvalue weighted by molar-refractivity contribution is 6.13. The van der Waals surface area contributed by atoms with Gasteiger partial charge in [0, 0.05) is 27.9 Å². The van der Waals surface area contributed by atoms with E-state index < -0.39 is 0 Å². The van der Waals surface area contributed by atoms with Crippen molar-refractivity contribution in [3.05, 3.63) is 175 Å². The van der Waals surface area contributed by atoms with Crippen LogP contribution < -0.4 is 0 Å². The predicted molar refractivity (Wildman–Crippen MR) is 213 cm³/mol. The van der Waals surface area contributed by atoms with E-state index in [0.717, 1.165) is 56.2 Å². The second-order valence-electron chi connectivity index (χ2n) is 13.1. The lowest BCUT2D eigenvalue weighted by Gasteiger charge is -2.16. The fraction of sp³-hybridized carbons (Fsp3) is 0.0426. The molecule has 0 saturated heterocycles. The lowest BCUT2D eigenvalue weighted by atomic mass is 9.89. The molecule has 0 saturated carbocycles. The summed E-state index contributed by atoms with van der Waals surface area (Å²) in [5.74, 6) is 2.62. The highest BCUT2D eigenvalue weighted by Crippen LogP contribution is 2.40. The largest absolute Gasteiger partial charge is 0.239 e. The van der Waals surface area contributed by atoms with E-state index in [1.807, 2.05) is 80.6 Å². The Balaban J connectivity index is 1.32. The molecular formula is C47H33N5. The molecule has 5 heteroatoms. The Morgan fingerprint density at radius 1 is 0.327 bits per heavy atom. The lowest BCUT2D eigenvalue weighted by Crippen LogP contribution is -2.00. The third-order valence-electron chi connectivity index (χ3n) is 9.41. The molecule has 9 rings (SSSR count). The van der Waals surface area contributed by atoms with Crippen LogP contribution >= 0.6 is 0 Å². The molecule has 5 nitrogen and oxygen atoms in total. The van der Waals surface area contributed by atoms with Crippen molar-refractivity contribution in [2.45, 2.75) is 13.8 Å². The summed E-state index contributed by atoms with van der Waals surface area (Å²) in [5, 5.41) is 4.77. The van der Waals surface area contributed by atoms with Crippen molar-refractivity contribution >= 4 is 21.5 Å². The number of hydrogen-bond acceptors (Lipinski definition) is 5. The maximum atomic E-state index is 5.14. The summed E-state index contributed by atoms with van der Waals surface area (Å²) >= 11 is 0. The molecule has 0 aliphatic carbocycles. The van der Waals surface area contributed by atoms with Gasteiger partial charge in [0.2, 0.25) is 0 Å². The molecule has 0 atom stereocenters. The monoisotopic (exact) mass is 667 g/mol. The molecule has 0 N–H and O–H groups in total. The van der Waals surface area contributed by atoms with E-state index in [1.54, 1.807) is 0 Å². The van der Waals surface area contributed by atoms with Crippen molar-refractivity contribution < 1.29 is 0 Å². The first-order valence-electron chi connectivity index (χ1n) is 17.4. The van der Waals surface area contributed by atoms with Gasteiger partial charge in [0.05, 0.1) is 5.69 Å². The number of benzene rings is 7. The summed E-state index contributed by atoms with van der Waals surface area (Å²) in [4.78, 5) is 24.5. The number of rotatable bonds is 6. The first-order valence-corrected chi connectivity index (χ1v) is 17.4. The van der Waals surface area contributed by atoms with Crippen molar-refractivity contribution in [1.82, 2.24) is 24.9 Å². The van der Waals surface area contributed by atoms with E-state index >= 15 is 0 Å². The summed E-state index contributed by atoms with van der Waals surface area (Å²) < 4.78 is 0. The molecule has 0 fully saturated rings. The molecule has 52 heavy (non-hydrogen) atoms. The van der Waals surface area contributed by atoms with Crippen LogP contribution in [0.5, 0.6) is 0 Å². The van der Waals surface area contributed by atoms with Gasteiger partial charge >= 0.3 is 0 Å². The molecule has 0 radical (unpaired) electrons. The van der Waals surface area contributed by atoms with Crippen molar-refractivity contribution in [1.29, 1.82) is 0 Å². The van der Waals surface area contributed by atoms with Gasteiger partial charge in [-0.15, -0.1) is 0 Å². The minimum absolute atomic E-state index is 0.610. The van der Waals surface area contributed by atoms with Gasteiger partial charge in [-0.1, -0.05) is 127 Å². The molecule has 0 spiro atoms. The zero-order valence-electron chi connectivity index (χ0n) is 28.8. The Labute approximate surface area is 302 Å². The van der Waals surface area contributed by atoms with Gasteiger partial charge in [-0.25, -0.2) is 24.9 Å². The Kier molecular flexibility index (Phi) is 7.86. The van der Waals surface area contributed by atoms with Gasteiger partial charge < -0.3 is 0 Å². The zero-order valence-corrected chi connectivity index (χ0v) is 28.8. The SMILES string of the molecule is Cc1cc(-c2cccc(-c3cc(-c4nc(-c5ccccc5)nc(-c5ccccc5)n4)cc(-c4c5ccccc5cc5ccccc45)c3)c2)nc(C)n1. The summed E-state index contributed by atoms with van der Waals surface area (Å²) in [5.41, 5.74) is 10.0. The van der Waals surface area contributed by atoms with E-state index in [0.29, 0.717) is 17.5 Å². The molecule has 0 amide bonds. The van der Waals surface area contributed by atoms with Gasteiger partial charge in [0.15, 0.2) is 17.5 Å². The number of aromatic nitrogens is 5. The second kappa shape index (κ2) is 13.1. The molecule has 0 aliphatic heterocycles. The number of hydrogen-bond donors (Lipinski definition) is 0. The molecule has 9 aromatic rings. The maximum absolute atomic E-state index is 5.14. The summed E-state index contributed by atoms with van der Waals surface area (Å²) in [6.45, 7) is 3.95. The number of nitrogens with zero attached hydrogens (tertiary/aromatic N) is 5. The van der Waals surface area contributed by atoms with Crippen LogP contribution in [0, 0.1) is 13.8 Å². The highest BCUT2D eigenvalue weighted by atomic mass is 15.0.